The number of thiazole rings is 1. The van der Waals surface area contributed by atoms with E-state index in [9.17, 15) is 4.79 Å². The summed E-state index contributed by atoms with van der Waals surface area (Å²) >= 11 is 1.73. The third-order valence-corrected chi connectivity index (χ3v) is 3.89. The maximum atomic E-state index is 11.5. The number of amides is 1. The van der Waals surface area contributed by atoms with Crippen LogP contribution in [0.5, 0.6) is 0 Å². The third-order valence-electron chi connectivity index (χ3n) is 2.95. The van der Waals surface area contributed by atoms with Gasteiger partial charge < -0.3 is 4.90 Å². The van der Waals surface area contributed by atoms with Gasteiger partial charge in [0.15, 0.2) is 0 Å². The quantitative estimate of drug-likeness (QED) is 0.819. The number of aromatic nitrogens is 1. The van der Waals surface area contributed by atoms with Crippen LogP contribution in [0.3, 0.4) is 0 Å². The first-order chi connectivity index (χ1) is 7.31. The van der Waals surface area contributed by atoms with Crippen LogP contribution in [0.25, 0.3) is 0 Å². The molecule has 1 aromatic heterocycles. The molecular formula is C11H17ClN2OS. The van der Waals surface area contributed by atoms with Gasteiger partial charge in [-0.15, -0.1) is 23.7 Å². The highest BCUT2D eigenvalue weighted by Crippen LogP contribution is 2.29. The number of hydrogen-bond donors (Lipinski definition) is 0. The lowest BCUT2D eigenvalue weighted by molar-refractivity contribution is -0.131. The molecular weight excluding hydrogens is 244 g/mol. The zero-order valence-electron chi connectivity index (χ0n) is 9.39. The summed E-state index contributed by atoms with van der Waals surface area (Å²) in [6.07, 6.45) is 4.63. The molecule has 1 aliphatic heterocycles. The van der Waals surface area contributed by atoms with Crippen molar-refractivity contribution in [3.05, 3.63) is 16.6 Å². The molecule has 2 rings (SSSR count). The predicted octanol–water partition coefficient (Wildman–Crippen LogP) is 2.68. The summed E-state index contributed by atoms with van der Waals surface area (Å²) in [5.41, 5.74) is 0. The summed E-state index contributed by atoms with van der Waals surface area (Å²) in [6, 6.07) is 0. The fraction of sp³-hybridized carbons (Fsp3) is 0.636. The zero-order valence-corrected chi connectivity index (χ0v) is 11.0. The molecule has 5 heteroatoms. The summed E-state index contributed by atoms with van der Waals surface area (Å²) in [5.74, 6) is 0.860. The van der Waals surface area contributed by atoms with Crippen LogP contribution in [0.4, 0.5) is 0 Å². The Labute approximate surface area is 106 Å². The Bertz CT molecular complexity index is 321. The number of piperidine rings is 1. The minimum absolute atomic E-state index is 0. The minimum atomic E-state index is 0. The molecule has 1 amide bonds. The van der Waals surface area contributed by atoms with Gasteiger partial charge in [-0.25, -0.2) is 4.98 Å². The van der Waals surface area contributed by atoms with Crippen molar-refractivity contribution in [2.45, 2.75) is 32.1 Å². The molecule has 3 nitrogen and oxygen atoms in total. The van der Waals surface area contributed by atoms with Crippen LogP contribution in [-0.4, -0.2) is 28.9 Å². The highest BCUT2D eigenvalue weighted by atomic mass is 35.5. The summed E-state index contributed by atoms with van der Waals surface area (Å²) in [4.78, 5) is 17.8. The van der Waals surface area contributed by atoms with Crippen molar-refractivity contribution in [1.82, 2.24) is 9.88 Å². The van der Waals surface area contributed by atoms with E-state index in [1.54, 1.807) is 11.3 Å². The Morgan fingerprint density at radius 2 is 2.25 bits per heavy atom. The lowest BCUT2D eigenvalue weighted by atomic mass is 9.97. The number of nitrogens with zero attached hydrogens (tertiary/aromatic N) is 2. The number of carbonyl (C=O) groups is 1. The molecule has 0 N–H and O–H groups in total. The fourth-order valence-corrected chi connectivity index (χ4v) is 2.85. The highest BCUT2D eigenvalue weighted by molar-refractivity contribution is 7.09. The van der Waals surface area contributed by atoms with Crippen molar-refractivity contribution in [3.8, 4) is 0 Å². The van der Waals surface area contributed by atoms with E-state index in [2.05, 4.69) is 4.98 Å². The van der Waals surface area contributed by atoms with Crippen LogP contribution in [0.15, 0.2) is 11.6 Å². The first-order valence-corrected chi connectivity index (χ1v) is 6.36. The maximum Gasteiger partial charge on any atom is 0.222 e. The van der Waals surface area contributed by atoms with Gasteiger partial charge in [-0.05, 0) is 12.8 Å². The highest BCUT2D eigenvalue weighted by Gasteiger charge is 2.23. The molecule has 1 saturated heterocycles. The molecule has 0 bridgehead atoms. The van der Waals surface area contributed by atoms with Crippen molar-refractivity contribution in [2.24, 2.45) is 0 Å². The molecule has 1 fully saturated rings. The molecule has 16 heavy (non-hydrogen) atoms. The number of halogens is 1. The van der Waals surface area contributed by atoms with Gasteiger partial charge in [-0.3, -0.25) is 4.79 Å². The average Bonchev–Trinajstić information content (AvgIpc) is 2.82. The topological polar surface area (TPSA) is 33.2 Å². The number of rotatable bonds is 2. The van der Waals surface area contributed by atoms with Gasteiger partial charge >= 0.3 is 0 Å². The predicted molar refractivity (Wildman–Crippen MR) is 68.2 cm³/mol. The Morgan fingerprint density at radius 1 is 1.56 bits per heavy atom. The third kappa shape index (κ3) is 2.95. The molecule has 0 atom stereocenters. The molecule has 2 heterocycles. The largest absolute Gasteiger partial charge is 0.343 e. The van der Waals surface area contributed by atoms with E-state index in [0.717, 1.165) is 25.9 Å². The molecule has 0 spiro atoms. The van der Waals surface area contributed by atoms with Crippen molar-refractivity contribution in [1.29, 1.82) is 0 Å². The van der Waals surface area contributed by atoms with Gasteiger partial charge in [0.1, 0.15) is 0 Å². The Kier molecular flexibility index (Phi) is 5.22. The van der Waals surface area contributed by atoms with Crippen LogP contribution < -0.4 is 0 Å². The SMILES string of the molecule is CCC(=O)N1CCC(c2nccs2)CC1.Cl. The Hall–Kier alpha value is -0.610. The Morgan fingerprint density at radius 3 is 2.75 bits per heavy atom. The summed E-state index contributed by atoms with van der Waals surface area (Å²) in [6.45, 7) is 3.73. The molecule has 0 aromatic carbocycles. The van der Waals surface area contributed by atoms with Crippen molar-refractivity contribution in [2.75, 3.05) is 13.1 Å². The molecule has 0 saturated carbocycles. The second-order valence-corrected chi connectivity index (χ2v) is 4.81. The first kappa shape index (κ1) is 13.5. The zero-order chi connectivity index (χ0) is 10.7. The van der Waals surface area contributed by atoms with Gasteiger partial charge in [0.2, 0.25) is 5.91 Å². The molecule has 0 aliphatic carbocycles. The van der Waals surface area contributed by atoms with Crippen LogP contribution >= 0.6 is 23.7 Å². The molecule has 1 aromatic rings. The number of hydrogen-bond acceptors (Lipinski definition) is 3. The molecule has 0 unspecified atom stereocenters. The fourth-order valence-electron chi connectivity index (χ4n) is 2.04. The van der Waals surface area contributed by atoms with Gasteiger partial charge in [0.25, 0.3) is 0 Å². The standard InChI is InChI=1S/C11H16N2OS.ClH/c1-2-10(14)13-6-3-9(4-7-13)11-12-5-8-15-11;/h5,8-9H,2-4,6-7H2,1H3;1H. The first-order valence-electron chi connectivity index (χ1n) is 5.48. The normalized spacial score (nSPS) is 16.9. The average molecular weight is 261 g/mol. The van der Waals surface area contributed by atoms with Crippen LogP contribution in [-0.2, 0) is 4.79 Å². The van der Waals surface area contributed by atoms with Gasteiger partial charge in [0, 0.05) is 37.0 Å². The monoisotopic (exact) mass is 260 g/mol. The van der Waals surface area contributed by atoms with E-state index in [4.69, 9.17) is 0 Å². The van der Waals surface area contributed by atoms with Gasteiger partial charge in [0.05, 0.1) is 5.01 Å². The van der Waals surface area contributed by atoms with Crippen LogP contribution in [0, 0.1) is 0 Å². The van der Waals surface area contributed by atoms with E-state index < -0.39 is 0 Å². The number of likely N-dealkylation sites (tertiary alicyclic amines) is 1. The van der Waals surface area contributed by atoms with Crippen molar-refractivity contribution < 1.29 is 4.79 Å². The van der Waals surface area contributed by atoms with E-state index in [1.807, 2.05) is 23.4 Å². The molecule has 1 aliphatic rings. The second-order valence-electron chi connectivity index (χ2n) is 3.88. The van der Waals surface area contributed by atoms with Crippen LogP contribution in [0.1, 0.15) is 37.1 Å². The smallest absolute Gasteiger partial charge is 0.222 e. The maximum absolute atomic E-state index is 11.5. The lowest BCUT2D eigenvalue weighted by Crippen LogP contribution is -2.37. The van der Waals surface area contributed by atoms with E-state index >= 15 is 0 Å². The van der Waals surface area contributed by atoms with Crippen LogP contribution in [0.2, 0.25) is 0 Å². The van der Waals surface area contributed by atoms with E-state index in [0.29, 0.717) is 12.3 Å². The van der Waals surface area contributed by atoms with Gasteiger partial charge in [-0.1, -0.05) is 6.92 Å². The molecule has 90 valence electrons. The minimum Gasteiger partial charge on any atom is -0.343 e. The Balaban J connectivity index is 0.00000128. The van der Waals surface area contributed by atoms with Gasteiger partial charge in [-0.2, -0.15) is 0 Å². The number of carbonyl (C=O) groups excluding carboxylic acids is 1. The summed E-state index contributed by atoms with van der Waals surface area (Å²) < 4.78 is 0. The summed E-state index contributed by atoms with van der Waals surface area (Å²) in [5, 5.41) is 3.26. The second kappa shape index (κ2) is 6.21. The molecule has 0 radical (unpaired) electrons. The lowest BCUT2D eigenvalue weighted by Gasteiger charge is -2.30. The summed E-state index contributed by atoms with van der Waals surface area (Å²) in [7, 11) is 0. The van der Waals surface area contributed by atoms with Crippen molar-refractivity contribution in [3.63, 3.8) is 0 Å². The van der Waals surface area contributed by atoms with E-state index in [1.165, 1.54) is 5.01 Å². The van der Waals surface area contributed by atoms with E-state index in [-0.39, 0.29) is 18.3 Å². The van der Waals surface area contributed by atoms with Crippen molar-refractivity contribution >= 4 is 29.7 Å².